The largest absolute Gasteiger partial charge is 0.489 e. The summed E-state index contributed by atoms with van der Waals surface area (Å²) in [5.74, 6) is 1.26. The monoisotopic (exact) mass is 473 g/mol. The molecule has 178 valence electrons. The van der Waals surface area contributed by atoms with Crippen LogP contribution in [-0.4, -0.2) is 55.1 Å². The van der Waals surface area contributed by atoms with Gasteiger partial charge in [0, 0.05) is 28.9 Å². The van der Waals surface area contributed by atoms with Gasteiger partial charge >= 0.3 is 6.09 Å². The maximum atomic E-state index is 12.5. The third kappa shape index (κ3) is 4.23. The minimum Gasteiger partial charge on any atom is -0.489 e. The zero-order valence-corrected chi connectivity index (χ0v) is 20.0. The molecule has 3 aliphatic rings. The summed E-state index contributed by atoms with van der Waals surface area (Å²) in [6.07, 6.45) is 9.76. The zero-order chi connectivity index (χ0) is 23.2. The van der Waals surface area contributed by atoms with Gasteiger partial charge in [-0.15, -0.1) is 0 Å². The molecular weight excluding hydrogens is 442 g/mol. The van der Waals surface area contributed by atoms with Gasteiger partial charge in [-0.2, -0.15) is 5.10 Å². The third-order valence-corrected chi connectivity index (χ3v) is 8.98. The first kappa shape index (κ1) is 22.3. The molecule has 1 aromatic heterocycles. The first-order valence-electron chi connectivity index (χ1n) is 11.8. The van der Waals surface area contributed by atoms with Crippen LogP contribution in [0.4, 0.5) is 10.5 Å². The summed E-state index contributed by atoms with van der Waals surface area (Å²) in [4.78, 5) is 14.3. The maximum absolute atomic E-state index is 12.5. The molecule has 2 aliphatic heterocycles. The topological polar surface area (TPSA) is 90.7 Å². The molecule has 0 bridgehead atoms. The average molecular weight is 474 g/mol. The van der Waals surface area contributed by atoms with E-state index in [1.165, 1.54) is 13.5 Å². The van der Waals surface area contributed by atoms with E-state index in [-0.39, 0.29) is 35.8 Å². The third-order valence-electron chi connectivity index (χ3n) is 7.27. The van der Waals surface area contributed by atoms with Gasteiger partial charge in [0.15, 0.2) is 0 Å². The first-order valence-corrected chi connectivity index (χ1v) is 13.6. The Labute approximate surface area is 194 Å². The predicted molar refractivity (Wildman–Crippen MR) is 126 cm³/mol. The van der Waals surface area contributed by atoms with Crippen molar-refractivity contribution < 1.29 is 22.7 Å². The van der Waals surface area contributed by atoms with Crippen LogP contribution in [0, 0.1) is 0 Å². The SMILES string of the molecule is COC(=O)N1c2ccc(-c3cnn(C4CCS(=O)(=O)CC4)c3)c(OC3CCC3)c2CC[C@@H]1C. The highest BCUT2D eigenvalue weighted by atomic mass is 32.2. The Balaban J connectivity index is 1.52. The van der Waals surface area contributed by atoms with Crippen molar-refractivity contribution in [2.75, 3.05) is 23.5 Å². The van der Waals surface area contributed by atoms with Crippen LogP contribution in [-0.2, 0) is 21.0 Å². The van der Waals surface area contributed by atoms with Gasteiger partial charge in [0.25, 0.3) is 0 Å². The van der Waals surface area contributed by atoms with Gasteiger partial charge < -0.3 is 9.47 Å². The molecule has 3 heterocycles. The molecule has 1 atom stereocenters. The highest BCUT2D eigenvalue weighted by Gasteiger charge is 2.34. The summed E-state index contributed by atoms with van der Waals surface area (Å²) in [6.45, 7) is 2.04. The van der Waals surface area contributed by atoms with E-state index in [1.807, 2.05) is 36.1 Å². The van der Waals surface area contributed by atoms with E-state index < -0.39 is 9.84 Å². The van der Waals surface area contributed by atoms with Crippen LogP contribution in [0.5, 0.6) is 5.75 Å². The first-order chi connectivity index (χ1) is 15.9. The van der Waals surface area contributed by atoms with Gasteiger partial charge in [-0.1, -0.05) is 0 Å². The number of carbonyl (C=O) groups is 1. The normalized spacial score (nSPS) is 23.0. The summed E-state index contributed by atoms with van der Waals surface area (Å²) in [6, 6.07) is 4.13. The molecule has 0 N–H and O–H groups in total. The molecule has 1 aromatic carbocycles. The molecule has 2 fully saturated rings. The molecule has 1 saturated heterocycles. The number of hydrogen-bond acceptors (Lipinski definition) is 6. The number of amides is 1. The van der Waals surface area contributed by atoms with Crippen molar-refractivity contribution in [3.05, 3.63) is 30.1 Å². The lowest BCUT2D eigenvalue weighted by molar-refractivity contribution is 0.119. The lowest BCUT2D eigenvalue weighted by atomic mass is 9.91. The second kappa shape index (κ2) is 8.66. The summed E-state index contributed by atoms with van der Waals surface area (Å²) in [5, 5.41) is 4.58. The van der Waals surface area contributed by atoms with Gasteiger partial charge in [0.1, 0.15) is 15.6 Å². The van der Waals surface area contributed by atoms with Gasteiger partial charge in [0.2, 0.25) is 0 Å². The molecule has 0 spiro atoms. The number of sulfone groups is 1. The fourth-order valence-corrected chi connectivity index (χ4v) is 6.48. The van der Waals surface area contributed by atoms with Gasteiger partial charge in [-0.05, 0) is 64.0 Å². The Morgan fingerprint density at radius 3 is 2.55 bits per heavy atom. The second-order valence-electron chi connectivity index (χ2n) is 9.43. The van der Waals surface area contributed by atoms with Gasteiger partial charge in [0.05, 0.1) is 42.6 Å². The van der Waals surface area contributed by atoms with Crippen molar-refractivity contribution in [1.29, 1.82) is 0 Å². The minimum atomic E-state index is -2.92. The highest BCUT2D eigenvalue weighted by Crippen LogP contribution is 2.45. The van der Waals surface area contributed by atoms with Crippen molar-refractivity contribution in [3.63, 3.8) is 0 Å². The summed E-state index contributed by atoms with van der Waals surface area (Å²) < 4.78 is 37.1. The van der Waals surface area contributed by atoms with Crippen LogP contribution < -0.4 is 9.64 Å². The summed E-state index contributed by atoms with van der Waals surface area (Å²) in [5.41, 5.74) is 3.81. The van der Waals surface area contributed by atoms with E-state index in [9.17, 15) is 13.2 Å². The Morgan fingerprint density at radius 1 is 1.12 bits per heavy atom. The van der Waals surface area contributed by atoms with Crippen molar-refractivity contribution in [2.24, 2.45) is 0 Å². The maximum Gasteiger partial charge on any atom is 0.414 e. The highest BCUT2D eigenvalue weighted by molar-refractivity contribution is 7.91. The number of nitrogens with zero attached hydrogens (tertiary/aromatic N) is 3. The number of aromatic nitrogens is 2. The predicted octanol–water partition coefficient (Wildman–Crippen LogP) is 4.14. The number of hydrogen-bond donors (Lipinski definition) is 0. The second-order valence-corrected chi connectivity index (χ2v) is 11.7. The number of benzene rings is 1. The average Bonchev–Trinajstić information content (AvgIpc) is 3.25. The van der Waals surface area contributed by atoms with E-state index in [1.54, 1.807) is 4.90 Å². The molecule has 2 aromatic rings. The Hall–Kier alpha value is -2.55. The molecule has 0 unspecified atom stereocenters. The van der Waals surface area contributed by atoms with Gasteiger partial charge in [-0.25, -0.2) is 13.2 Å². The number of anilines is 1. The molecule has 0 radical (unpaired) electrons. The van der Waals surface area contributed by atoms with Crippen molar-refractivity contribution in [2.45, 2.75) is 70.1 Å². The molecule has 8 nitrogen and oxygen atoms in total. The molecule has 1 amide bonds. The van der Waals surface area contributed by atoms with Crippen LogP contribution in [0.1, 0.15) is 57.1 Å². The Bertz CT molecular complexity index is 1140. The van der Waals surface area contributed by atoms with Crippen molar-refractivity contribution in [3.8, 4) is 16.9 Å². The lowest BCUT2D eigenvalue weighted by Crippen LogP contribution is -2.42. The zero-order valence-electron chi connectivity index (χ0n) is 19.2. The molecule has 1 saturated carbocycles. The summed E-state index contributed by atoms with van der Waals surface area (Å²) in [7, 11) is -1.51. The van der Waals surface area contributed by atoms with Crippen LogP contribution in [0.15, 0.2) is 24.5 Å². The quantitative estimate of drug-likeness (QED) is 0.663. The van der Waals surface area contributed by atoms with E-state index in [4.69, 9.17) is 9.47 Å². The number of ether oxygens (including phenoxy) is 2. The van der Waals surface area contributed by atoms with Crippen molar-refractivity contribution >= 4 is 21.6 Å². The molecular formula is C24H31N3O5S. The fraction of sp³-hybridized carbons (Fsp3) is 0.583. The van der Waals surface area contributed by atoms with Crippen LogP contribution in [0.2, 0.25) is 0 Å². The van der Waals surface area contributed by atoms with Crippen LogP contribution in [0.3, 0.4) is 0 Å². The lowest BCUT2D eigenvalue weighted by Gasteiger charge is -2.37. The number of carbonyl (C=O) groups excluding carboxylic acids is 1. The van der Waals surface area contributed by atoms with Crippen molar-refractivity contribution in [1.82, 2.24) is 9.78 Å². The smallest absolute Gasteiger partial charge is 0.414 e. The number of rotatable bonds is 4. The number of methoxy groups -OCH3 is 1. The molecule has 5 rings (SSSR count). The summed E-state index contributed by atoms with van der Waals surface area (Å²) >= 11 is 0. The number of fused-ring (bicyclic) bond motifs is 1. The molecule has 33 heavy (non-hydrogen) atoms. The Kier molecular flexibility index (Phi) is 5.84. The van der Waals surface area contributed by atoms with Gasteiger partial charge in [-0.3, -0.25) is 9.58 Å². The standard InChI is InChI=1S/C24H31N3O5S/c1-16-6-7-21-22(27(16)24(28)31-2)9-8-20(23(21)32-19-4-3-5-19)17-14-25-26(15-17)18-10-12-33(29,30)13-11-18/h8-9,14-16,18-19H,3-7,10-13H2,1-2H3/t16-/m0/s1. The van der Waals surface area contributed by atoms with E-state index in [2.05, 4.69) is 5.10 Å². The van der Waals surface area contributed by atoms with E-state index in [0.29, 0.717) is 12.8 Å². The van der Waals surface area contributed by atoms with E-state index in [0.717, 1.165) is 53.8 Å². The van der Waals surface area contributed by atoms with Crippen LogP contribution >= 0.6 is 0 Å². The van der Waals surface area contributed by atoms with Crippen LogP contribution in [0.25, 0.3) is 11.1 Å². The Morgan fingerprint density at radius 2 is 1.88 bits per heavy atom. The minimum absolute atomic E-state index is 0.0534. The molecule has 1 aliphatic carbocycles. The fourth-order valence-electron chi connectivity index (χ4n) is 5.02. The molecule has 9 heteroatoms. The van der Waals surface area contributed by atoms with E-state index >= 15 is 0 Å².